The molecular formula is C17H21N5O3. The molecule has 1 unspecified atom stereocenters. The second-order valence-electron chi connectivity index (χ2n) is 6.20. The van der Waals surface area contributed by atoms with Crippen LogP contribution in [0, 0.1) is 16.0 Å². The summed E-state index contributed by atoms with van der Waals surface area (Å²) in [6.45, 7) is 3.68. The summed E-state index contributed by atoms with van der Waals surface area (Å²) in [7, 11) is 1.59. The minimum Gasteiger partial charge on any atom is -0.497 e. The quantitative estimate of drug-likeness (QED) is 0.657. The molecular weight excluding hydrogens is 322 g/mol. The molecule has 132 valence electrons. The number of hydrogen-bond donors (Lipinski definition) is 1. The zero-order valence-electron chi connectivity index (χ0n) is 14.3. The maximum Gasteiger partial charge on any atom is 0.353 e. The SMILES string of the molecule is COc1ccc(Nc2ncnc(N3CCCC(C)C3)c2[N+](=O)[O-])cc1. The molecule has 0 spiro atoms. The van der Waals surface area contributed by atoms with Gasteiger partial charge >= 0.3 is 5.69 Å². The first-order valence-corrected chi connectivity index (χ1v) is 8.24. The molecule has 1 aliphatic heterocycles. The lowest BCUT2D eigenvalue weighted by Gasteiger charge is -2.31. The molecule has 0 amide bonds. The minimum atomic E-state index is -0.416. The number of nitro groups is 1. The summed E-state index contributed by atoms with van der Waals surface area (Å²) < 4.78 is 5.12. The molecule has 1 atom stereocenters. The fraction of sp³-hybridized carbons (Fsp3) is 0.412. The van der Waals surface area contributed by atoms with Crippen LogP contribution in [0.5, 0.6) is 5.75 Å². The fourth-order valence-electron chi connectivity index (χ4n) is 3.05. The number of methoxy groups -OCH3 is 1. The Bertz CT molecular complexity index is 750. The number of piperidine rings is 1. The molecule has 25 heavy (non-hydrogen) atoms. The van der Waals surface area contributed by atoms with Gasteiger partial charge in [0.2, 0.25) is 11.6 Å². The minimum absolute atomic E-state index is 0.0904. The lowest BCUT2D eigenvalue weighted by Crippen LogP contribution is -2.35. The molecule has 1 aromatic carbocycles. The predicted octanol–water partition coefficient (Wildman–Crippen LogP) is 3.37. The van der Waals surface area contributed by atoms with E-state index in [-0.39, 0.29) is 11.5 Å². The summed E-state index contributed by atoms with van der Waals surface area (Å²) in [6.07, 6.45) is 3.50. The van der Waals surface area contributed by atoms with E-state index in [1.54, 1.807) is 31.4 Å². The highest BCUT2D eigenvalue weighted by Crippen LogP contribution is 2.35. The van der Waals surface area contributed by atoms with Crippen molar-refractivity contribution in [1.29, 1.82) is 0 Å². The Morgan fingerprint density at radius 3 is 2.72 bits per heavy atom. The van der Waals surface area contributed by atoms with Crippen LogP contribution in [-0.2, 0) is 0 Å². The summed E-state index contributed by atoms with van der Waals surface area (Å²) >= 11 is 0. The van der Waals surface area contributed by atoms with Gasteiger partial charge in [0.25, 0.3) is 0 Å². The second kappa shape index (κ2) is 7.33. The number of ether oxygens (including phenoxy) is 1. The Morgan fingerprint density at radius 1 is 1.32 bits per heavy atom. The van der Waals surface area contributed by atoms with E-state index < -0.39 is 4.92 Å². The molecule has 0 bridgehead atoms. The lowest BCUT2D eigenvalue weighted by molar-refractivity contribution is -0.383. The molecule has 3 rings (SSSR count). The first-order valence-electron chi connectivity index (χ1n) is 8.24. The van der Waals surface area contributed by atoms with Crippen LogP contribution < -0.4 is 15.0 Å². The molecule has 1 fully saturated rings. The number of hydrogen-bond acceptors (Lipinski definition) is 7. The molecule has 8 heteroatoms. The van der Waals surface area contributed by atoms with Crippen molar-refractivity contribution in [2.75, 3.05) is 30.4 Å². The van der Waals surface area contributed by atoms with Crippen molar-refractivity contribution in [2.24, 2.45) is 5.92 Å². The maximum absolute atomic E-state index is 11.7. The van der Waals surface area contributed by atoms with Crippen LogP contribution in [0.1, 0.15) is 19.8 Å². The Labute approximate surface area is 146 Å². The summed E-state index contributed by atoms with van der Waals surface area (Å²) in [4.78, 5) is 21.6. The van der Waals surface area contributed by atoms with Crippen molar-refractivity contribution < 1.29 is 9.66 Å². The van der Waals surface area contributed by atoms with E-state index in [1.165, 1.54) is 6.33 Å². The predicted molar refractivity (Wildman–Crippen MR) is 95.6 cm³/mol. The molecule has 8 nitrogen and oxygen atoms in total. The largest absolute Gasteiger partial charge is 0.497 e. The zero-order chi connectivity index (χ0) is 17.8. The number of anilines is 3. The summed E-state index contributed by atoms with van der Waals surface area (Å²) in [6, 6.07) is 7.13. The summed E-state index contributed by atoms with van der Waals surface area (Å²) in [5, 5.41) is 14.7. The van der Waals surface area contributed by atoms with Crippen LogP contribution in [0.25, 0.3) is 0 Å². The number of aromatic nitrogens is 2. The molecule has 0 aliphatic carbocycles. The van der Waals surface area contributed by atoms with Crippen molar-refractivity contribution >= 4 is 23.0 Å². The van der Waals surface area contributed by atoms with Gasteiger partial charge in [-0.3, -0.25) is 10.1 Å². The average Bonchev–Trinajstić information content (AvgIpc) is 2.62. The molecule has 2 heterocycles. The van der Waals surface area contributed by atoms with Gasteiger partial charge in [0.1, 0.15) is 12.1 Å². The molecule has 1 N–H and O–H groups in total. The molecule has 1 aromatic heterocycles. The highest BCUT2D eigenvalue weighted by Gasteiger charge is 2.29. The van der Waals surface area contributed by atoms with Gasteiger partial charge in [-0.15, -0.1) is 0 Å². The average molecular weight is 343 g/mol. The van der Waals surface area contributed by atoms with E-state index in [9.17, 15) is 10.1 Å². The van der Waals surface area contributed by atoms with Crippen molar-refractivity contribution in [3.05, 3.63) is 40.7 Å². The van der Waals surface area contributed by atoms with E-state index in [2.05, 4.69) is 22.2 Å². The third-order valence-electron chi connectivity index (χ3n) is 4.29. The van der Waals surface area contributed by atoms with Gasteiger partial charge in [0.05, 0.1) is 12.0 Å². The van der Waals surface area contributed by atoms with Gasteiger partial charge in [-0.2, -0.15) is 0 Å². The number of nitrogens with zero attached hydrogens (tertiary/aromatic N) is 4. The van der Waals surface area contributed by atoms with Gasteiger partial charge in [0, 0.05) is 18.8 Å². The molecule has 1 saturated heterocycles. The number of rotatable bonds is 5. The van der Waals surface area contributed by atoms with E-state index in [4.69, 9.17) is 4.74 Å². The van der Waals surface area contributed by atoms with Crippen molar-refractivity contribution in [3.8, 4) is 5.75 Å². The normalized spacial score (nSPS) is 17.2. The monoisotopic (exact) mass is 343 g/mol. The van der Waals surface area contributed by atoms with E-state index in [0.717, 1.165) is 25.9 Å². The molecule has 1 aliphatic rings. The lowest BCUT2D eigenvalue weighted by atomic mass is 10.0. The van der Waals surface area contributed by atoms with Crippen LogP contribution >= 0.6 is 0 Å². The van der Waals surface area contributed by atoms with Crippen molar-refractivity contribution in [1.82, 2.24) is 9.97 Å². The molecule has 0 saturated carbocycles. The fourth-order valence-corrected chi connectivity index (χ4v) is 3.05. The van der Waals surface area contributed by atoms with Gasteiger partial charge in [-0.05, 0) is 43.0 Å². The third-order valence-corrected chi connectivity index (χ3v) is 4.29. The van der Waals surface area contributed by atoms with Crippen molar-refractivity contribution in [2.45, 2.75) is 19.8 Å². The summed E-state index contributed by atoms with van der Waals surface area (Å²) in [5.74, 6) is 1.77. The van der Waals surface area contributed by atoms with E-state index in [1.807, 2.05) is 4.90 Å². The number of nitrogens with one attached hydrogen (secondary N) is 1. The van der Waals surface area contributed by atoms with E-state index in [0.29, 0.717) is 23.2 Å². The molecule has 0 radical (unpaired) electrons. The van der Waals surface area contributed by atoms with Gasteiger partial charge in [-0.25, -0.2) is 9.97 Å². The van der Waals surface area contributed by atoms with Gasteiger partial charge in [-0.1, -0.05) is 6.92 Å². The Hall–Kier alpha value is -2.90. The Morgan fingerprint density at radius 2 is 2.08 bits per heavy atom. The van der Waals surface area contributed by atoms with Crippen LogP contribution in [0.4, 0.5) is 23.0 Å². The Balaban J connectivity index is 1.93. The topological polar surface area (TPSA) is 93.4 Å². The van der Waals surface area contributed by atoms with Crippen LogP contribution in [0.15, 0.2) is 30.6 Å². The highest BCUT2D eigenvalue weighted by molar-refractivity contribution is 5.74. The second-order valence-corrected chi connectivity index (χ2v) is 6.20. The third kappa shape index (κ3) is 3.78. The smallest absolute Gasteiger partial charge is 0.353 e. The van der Waals surface area contributed by atoms with Gasteiger partial charge < -0.3 is 15.0 Å². The zero-order valence-corrected chi connectivity index (χ0v) is 14.3. The van der Waals surface area contributed by atoms with Crippen LogP contribution in [0.2, 0.25) is 0 Å². The first kappa shape index (κ1) is 16.9. The molecule has 2 aromatic rings. The van der Waals surface area contributed by atoms with E-state index >= 15 is 0 Å². The van der Waals surface area contributed by atoms with Crippen molar-refractivity contribution in [3.63, 3.8) is 0 Å². The van der Waals surface area contributed by atoms with Gasteiger partial charge in [0.15, 0.2) is 0 Å². The highest BCUT2D eigenvalue weighted by atomic mass is 16.6. The standard InChI is InChI=1S/C17H21N5O3/c1-12-4-3-9-21(10-12)17-15(22(23)24)16(18-11-19-17)20-13-5-7-14(25-2)8-6-13/h5-8,11-12H,3-4,9-10H2,1-2H3,(H,18,19,20). The number of benzene rings is 1. The van der Waals surface area contributed by atoms with Crippen LogP contribution in [-0.4, -0.2) is 35.1 Å². The van der Waals surface area contributed by atoms with Crippen LogP contribution in [0.3, 0.4) is 0 Å². The first-order chi connectivity index (χ1) is 12.1. The summed E-state index contributed by atoms with van der Waals surface area (Å²) in [5.41, 5.74) is 0.605. The Kier molecular flexibility index (Phi) is 4.97. The maximum atomic E-state index is 11.7.